The number of hydrogen-bond donors (Lipinski definition) is 1. The van der Waals surface area contributed by atoms with Crippen LogP contribution in [0.5, 0.6) is 5.75 Å². The van der Waals surface area contributed by atoms with Crippen LogP contribution in [0.4, 0.5) is 0 Å². The Bertz CT molecular complexity index is 1100. The zero-order chi connectivity index (χ0) is 26.5. The number of likely N-dealkylation sites (tertiary alicyclic amines) is 2. The number of nitrogens with zero attached hydrogens (tertiary/aromatic N) is 2. The van der Waals surface area contributed by atoms with E-state index in [0.29, 0.717) is 17.5 Å². The molecule has 2 aliphatic heterocycles. The molecule has 5 rings (SSSR count). The maximum absolute atomic E-state index is 13.5. The van der Waals surface area contributed by atoms with Crippen LogP contribution in [0, 0.1) is 11.3 Å². The minimum atomic E-state index is -0.213. The van der Waals surface area contributed by atoms with Crippen molar-refractivity contribution in [3.63, 3.8) is 0 Å². The number of halogens is 2. The predicted octanol–water partition coefficient (Wildman–Crippen LogP) is 6.02. The van der Waals surface area contributed by atoms with Crippen LogP contribution in [0.15, 0.2) is 48.5 Å². The van der Waals surface area contributed by atoms with Gasteiger partial charge in [0.1, 0.15) is 5.75 Å². The summed E-state index contributed by atoms with van der Waals surface area (Å²) in [6.07, 6.45) is 7.90. The number of methoxy groups -OCH3 is 1. The zero-order valence-electron chi connectivity index (χ0n) is 22.9. The number of benzene rings is 2. The third kappa shape index (κ3) is 7.08. The Kier molecular flexibility index (Phi) is 10.2. The third-order valence-electron chi connectivity index (χ3n) is 9.00. The summed E-state index contributed by atoms with van der Waals surface area (Å²) in [6, 6.07) is 15.8. The van der Waals surface area contributed by atoms with Gasteiger partial charge < -0.3 is 19.9 Å². The number of rotatable bonds is 9. The number of carbonyl (C=O) groups excluding carboxylic acids is 2. The molecule has 6 nitrogen and oxygen atoms in total. The molecule has 3 fully saturated rings. The Hall–Kier alpha value is -2.28. The van der Waals surface area contributed by atoms with Crippen molar-refractivity contribution in [2.45, 2.75) is 64.0 Å². The standard InChI is InChI=1S/C31H40ClN3O3.ClH/c1-38-27-12-6-23(7-13-27)22-35-21-17-31(30(35)37)15-19-34(20-16-31)18-14-28(24-8-10-26(32)11-9-24)33-29(36)25-4-2-3-5-25;/h6-13,25,28H,2-5,14-22H2,1H3,(H,33,36);1H. The molecule has 1 unspecified atom stereocenters. The van der Waals surface area contributed by atoms with Gasteiger partial charge in [0.2, 0.25) is 11.8 Å². The maximum Gasteiger partial charge on any atom is 0.229 e. The van der Waals surface area contributed by atoms with Gasteiger partial charge in [0, 0.05) is 30.6 Å². The number of ether oxygens (including phenoxy) is 1. The SMILES string of the molecule is COc1ccc(CN2CCC3(CCN(CCC(NC(=O)C4CCCC4)c4ccc(Cl)cc4)CC3)C2=O)cc1.Cl. The van der Waals surface area contributed by atoms with Gasteiger partial charge in [-0.1, -0.05) is 48.7 Å². The molecule has 212 valence electrons. The molecule has 1 saturated carbocycles. The van der Waals surface area contributed by atoms with Crippen LogP contribution in [0.1, 0.15) is 68.5 Å². The summed E-state index contributed by atoms with van der Waals surface area (Å²) >= 11 is 6.13. The zero-order valence-corrected chi connectivity index (χ0v) is 24.4. The van der Waals surface area contributed by atoms with E-state index in [2.05, 4.69) is 10.2 Å². The van der Waals surface area contributed by atoms with Crippen LogP contribution in [-0.2, 0) is 16.1 Å². The first kappa shape index (κ1) is 29.7. The van der Waals surface area contributed by atoms with Crippen molar-refractivity contribution < 1.29 is 14.3 Å². The highest BCUT2D eigenvalue weighted by molar-refractivity contribution is 6.30. The second-order valence-corrected chi connectivity index (χ2v) is 11.8. The molecule has 1 atom stereocenters. The molecule has 2 heterocycles. The number of hydrogen-bond acceptors (Lipinski definition) is 4. The Morgan fingerprint density at radius 1 is 1.03 bits per heavy atom. The van der Waals surface area contributed by atoms with E-state index in [-0.39, 0.29) is 35.7 Å². The average Bonchev–Trinajstić information content (AvgIpc) is 3.59. The topological polar surface area (TPSA) is 61.9 Å². The van der Waals surface area contributed by atoms with E-state index in [4.69, 9.17) is 16.3 Å². The molecular formula is C31H41Cl2N3O3. The molecule has 1 aliphatic carbocycles. The molecule has 2 amide bonds. The van der Waals surface area contributed by atoms with Crippen LogP contribution < -0.4 is 10.1 Å². The highest BCUT2D eigenvalue weighted by Gasteiger charge is 2.47. The lowest BCUT2D eigenvalue weighted by Gasteiger charge is -2.38. The van der Waals surface area contributed by atoms with Crippen molar-refractivity contribution in [2.24, 2.45) is 11.3 Å². The minimum absolute atomic E-state index is 0. The van der Waals surface area contributed by atoms with Gasteiger partial charge in [-0.25, -0.2) is 0 Å². The third-order valence-corrected chi connectivity index (χ3v) is 9.25. The highest BCUT2D eigenvalue weighted by atomic mass is 35.5. The molecule has 2 saturated heterocycles. The van der Waals surface area contributed by atoms with E-state index in [1.54, 1.807) is 7.11 Å². The van der Waals surface area contributed by atoms with Gasteiger partial charge in [-0.3, -0.25) is 9.59 Å². The second-order valence-electron chi connectivity index (χ2n) is 11.3. The van der Waals surface area contributed by atoms with Crippen LogP contribution in [0.25, 0.3) is 0 Å². The Morgan fingerprint density at radius 3 is 2.31 bits per heavy atom. The summed E-state index contributed by atoms with van der Waals surface area (Å²) in [7, 11) is 1.67. The fourth-order valence-electron chi connectivity index (χ4n) is 6.47. The van der Waals surface area contributed by atoms with Gasteiger partial charge in [-0.2, -0.15) is 0 Å². The quantitative estimate of drug-likeness (QED) is 0.398. The highest BCUT2D eigenvalue weighted by Crippen LogP contribution is 2.42. The first-order chi connectivity index (χ1) is 18.5. The van der Waals surface area contributed by atoms with Crippen molar-refractivity contribution in [2.75, 3.05) is 33.3 Å². The normalized spacial score (nSPS) is 20.2. The number of piperidine rings is 1. The molecule has 0 aromatic heterocycles. The number of amides is 2. The van der Waals surface area contributed by atoms with Gasteiger partial charge in [-0.05, 0) is 87.0 Å². The predicted molar refractivity (Wildman–Crippen MR) is 157 cm³/mol. The van der Waals surface area contributed by atoms with E-state index in [9.17, 15) is 9.59 Å². The summed E-state index contributed by atoms with van der Waals surface area (Å²) in [5.41, 5.74) is 2.03. The van der Waals surface area contributed by atoms with Crippen molar-refractivity contribution in [1.82, 2.24) is 15.1 Å². The molecule has 39 heavy (non-hydrogen) atoms. The fourth-order valence-corrected chi connectivity index (χ4v) is 6.60. The molecule has 8 heteroatoms. The van der Waals surface area contributed by atoms with Crippen LogP contribution in [0.2, 0.25) is 5.02 Å². The van der Waals surface area contributed by atoms with E-state index in [0.717, 1.165) is 94.4 Å². The van der Waals surface area contributed by atoms with E-state index in [1.165, 1.54) is 0 Å². The first-order valence-electron chi connectivity index (χ1n) is 14.2. The summed E-state index contributed by atoms with van der Waals surface area (Å²) < 4.78 is 5.26. The summed E-state index contributed by atoms with van der Waals surface area (Å²) in [6.45, 7) is 4.24. The molecular weight excluding hydrogens is 533 g/mol. The minimum Gasteiger partial charge on any atom is -0.497 e. The molecule has 3 aliphatic rings. The van der Waals surface area contributed by atoms with Gasteiger partial charge >= 0.3 is 0 Å². The fraction of sp³-hybridized carbons (Fsp3) is 0.548. The van der Waals surface area contributed by atoms with Crippen molar-refractivity contribution >= 4 is 35.8 Å². The van der Waals surface area contributed by atoms with E-state index < -0.39 is 0 Å². The Morgan fingerprint density at radius 2 is 1.67 bits per heavy atom. The lowest BCUT2D eigenvalue weighted by Crippen LogP contribution is -2.45. The maximum atomic E-state index is 13.5. The van der Waals surface area contributed by atoms with E-state index in [1.807, 2.05) is 53.4 Å². The second kappa shape index (κ2) is 13.4. The lowest BCUT2D eigenvalue weighted by molar-refractivity contribution is -0.139. The largest absolute Gasteiger partial charge is 0.497 e. The molecule has 2 aromatic rings. The average molecular weight is 575 g/mol. The summed E-state index contributed by atoms with van der Waals surface area (Å²) in [4.78, 5) is 30.9. The van der Waals surface area contributed by atoms with Crippen molar-refractivity contribution in [3.8, 4) is 5.75 Å². The smallest absolute Gasteiger partial charge is 0.229 e. The first-order valence-corrected chi connectivity index (χ1v) is 14.5. The Labute approximate surface area is 243 Å². The van der Waals surface area contributed by atoms with Gasteiger partial charge in [0.25, 0.3) is 0 Å². The summed E-state index contributed by atoms with van der Waals surface area (Å²) in [5, 5.41) is 4.06. The van der Waals surface area contributed by atoms with Crippen molar-refractivity contribution in [3.05, 3.63) is 64.7 Å². The van der Waals surface area contributed by atoms with Crippen LogP contribution >= 0.6 is 24.0 Å². The van der Waals surface area contributed by atoms with Gasteiger partial charge in [0.15, 0.2) is 0 Å². The lowest BCUT2D eigenvalue weighted by atomic mass is 9.77. The van der Waals surface area contributed by atoms with Crippen molar-refractivity contribution in [1.29, 1.82) is 0 Å². The molecule has 1 N–H and O–H groups in total. The van der Waals surface area contributed by atoms with E-state index >= 15 is 0 Å². The molecule has 2 aromatic carbocycles. The van der Waals surface area contributed by atoms with Gasteiger partial charge in [0.05, 0.1) is 18.6 Å². The molecule has 1 spiro atoms. The summed E-state index contributed by atoms with van der Waals surface area (Å²) in [5.74, 6) is 1.49. The molecule has 0 bridgehead atoms. The van der Waals surface area contributed by atoms with Crippen LogP contribution in [-0.4, -0.2) is 54.9 Å². The van der Waals surface area contributed by atoms with Gasteiger partial charge in [-0.15, -0.1) is 12.4 Å². The number of nitrogens with one attached hydrogen (secondary N) is 1. The number of carbonyl (C=O) groups is 2. The Balaban J connectivity index is 0.00000353. The monoisotopic (exact) mass is 573 g/mol. The van der Waals surface area contributed by atoms with Crippen LogP contribution in [0.3, 0.4) is 0 Å². The molecule has 0 radical (unpaired) electrons.